The first kappa shape index (κ1) is 25.7. The van der Waals surface area contributed by atoms with Gasteiger partial charge in [-0.3, -0.25) is 4.79 Å². The molecule has 3 atom stereocenters. The highest BCUT2D eigenvalue weighted by molar-refractivity contribution is 5.83. The Balaban J connectivity index is 2.29. The third-order valence-electron chi connectivity index (χ3n) is 6.57. The number of alkyl halides is 10. The zero-order valence-electron chi connectivity index (χ0n) is 16.2. The molecule has 178 valence electrons. The number of hydrogen-bond donors (Lipinski definition) is 1. The molecule has 0 aromatic rings. The summed E-state index contributed by atoms with van der Waals surface area (Å²) in [5.41, 5.74) is -6.53. The van der Waals surface area contributed by atoms with Crippen LogP contribution < -0.4 is 0 Å². The van der Waals surface area contributed by atoms with E-state index in [0.717, 1.165) is 0 Å². The molecule has 0 bridgehead atoms. The number of hydrogen-bond acceptors (Lipinski definition) is 2. The van der Waals surface area contributed by atoms with Gasteiger partial charge in [-0.2, -0.15) is 43.9 Å². The summed E-state index contributed by atoms with van der Waals surface area (Å²) in [6, 6.07) is 0. The van der Waals surface area contributed by atoms with Crippen molar-refractivity contribution in [2.75, 3.05) is 0 Å². The molecule has 0 aromatic heterocycles. The number of fused-ring (bicyclic) bond motifs is 1. The molecule has 0 aliphatic heterocycles. The van der Waals surface area contributed by atoms with Crippen molar-refractivity contribution in [3.8, 4) is 11.8 Å². The van der Waals surface area contributed by atoms with Gasteiger partial charge in [-0.05, 0) is 43.4 Å². The minimum atomic E-state index is -6.92. The number of Topliss-reactive ketones (excluding diaryl/α,β-unsaturated/α-hetero) is 1. The lowest BCUT2D eigenvalue weighted by Crippen LogP contribution is -2.69. The predicted molar refractivity (Wildman–Crippen MR) is 87.1 cm³/mol. The summed E-state index contributed by atoms with van der Waals surface area (Å²) in [4.78, 5) is 12.1. The first-order valence-corrected chi connectivity index (χ1v) is 9.47. The van der Waals surface area contributed by atoms with Gasteiger partial charge < -0.3 is 5.11 Å². The van der Waals surface area contributed by atoms with Gasteiger partial charge >= 0.3 is 24.2 Å². The Hall–Kier alpha value is -1.51. The van der Waals surface area contributed by atoms with Gasteiger partial charge in [0, 0.05) is 18.8 Å². The summed E-state index contributed by atoms with van der Waals surface area (Å²) in [5, 5.41) is 9.34. The molecule has 2 aliphatic carbocycles. The standard InChI is InChI=1S/C19H20F10O2/c1-14-9-4-6-13(30)12(14)8-7-11(14)5-2-3-10-15(31,16(20,21)18(24,25)26)17(22,23)19(27,28)29/h11-12,31H,2,4-9H2,1H3/t11?,12-,14+/m0/s1. The summed E-state index contributed by atoms with van der Waals surface area (Å²) < 4.78 is 130. The van der Waals surface area contributed by atoms with Crippen LogP contribution in [0.25, 0.3) is 0 Å². The topological polar surface area (TPSA) is 37.3 Å². The molecule has 2 fully saturated rings. The summed E-state index contributed by atoms with van der Waals surface area (Å²) in [5.74, 6) is -12.2. The summed E-state index contributed by atoms with van der Waals surface area (Å²) in [6.45, 7) is 1.81. The molecule has 1 unspecified atom stereocenters. The van der Waals surface area contributed by atoms with E-state index in [1.165, 1.54) is 5.92 Å². The second-order valence-corrected chi connectivity index (χ2v) is 8.35. The van der Waals surface area contributed by atoms with Crippen molar-refractivity contribution in [1.29, 1.82) is 0 Å². The smallest absolute Gasteiger partial charge is 0.367 e. The van der Waals surface area contributed by atoms with Gasteiger partial charge in [0.05, 0.1) is 0 Å². The molecule has 2 aliphatic rings. The summed E-state index contributed by atoms with van der Waals surface area (Å²) >= 11 is 0. The van der Waals surface area contributed by atoms with Crippen LogP contribution >= 0.6 is 0 Å². The van der Waals surface area contributed by atoms with Crippen LogP contribution in [0.4, 0.5) is 43.9 Å². The van der Waals surface area contributed by atoms with E-state index in [2.05, 4.69) is 0 Å². The Labute approximate surface area is 171 Å². The van der Waals surface area contributed by atoms with Crippen LogP contribution in [0.2, 0.25) is 0 Å². The average molecular weight is 470 g/mol. The average Bonchev–Trinajstić information content (AvgIpc) is 2.94. The molecule has 0 saturated heterocycles. The quantitative estimate of drug-likeness (QED) is 0.424. The molecule has 12 heteroatoms. The van der Waals surface area contributed by atoms with Crippen LogP contribution in [-0.2, 0) is 4.79 Å². The Morgan fingerprint density at radius 2 is 1.48 bits per heavy atom. The fourth-order valence-corrected chi connectivity index (χ4v) is 4.71. The number of carbonyl (C=O) groups is 1. The maximum Gasteiger partial charge on any atom is 0.457 e. The molecule has 0 spiro atoms. The molecular formula is C19H20F10O2. The lowest BCUT2D eigenvalue weighted by molar-refractivity contribution is -0.406. The van der Waals surface area contributed by atoms with E-state index >= 15 is 0 Å². The summed E-state index contributed by atoms with van der Waals surface area (Å²) in [6.07, 6.45) is -11.8. The number of ketones is 1. The molecule has 0 aromatic carbocycles. The molecule has 0 heterocycles. The lowest BCUT2D eigenvalue weighted by Gasteiger charge is -2.40. The molecule has 2 rings (SSSR count). The van der Waals surface area contributed by atoms with Crippen LogP contribution in [0.1, 0.15) is 51.9 Å². The van der Waals surface area contributed by atoms with Crippen molar-refractivity contribution in [2.24, 2.45) is 17.3 Å². The van der Waals surface area contributed by atoms with E-state index in [0.29, 0.717) is 38.0 Å². The van der Waals surface area contributed by atoms with Gasteiger partial charge in [0.1, 0.15) is 5.78 Å². The van der Waals surface area contributed by atoms with Gasteiger partial charge in [-0.25, -0.2) is 0 Å². The molecule has 1 N–H and O–H groups in total. The minimum Gasteiger partial charge on any atom is -0.367 e. The monoisotopic (exact) mass is 470 g/mol. The predicted octanol–water partition coefficient (Wildman–Crippen LogP) is 5.68. The van der Waals surface area contributed by atoms with Crippen molar-refractivity contribution >= 4 is 5.78 Å². The van der Waals surface area contributed by atoms with Gasteiger partial charge in [-0.1, -0.05) is 18.8 Å². The Bertz CT molecular complexity index is 732. The van der Waals surface area contributed by atoms with Crippen molar-refractivity contribution in [3.63, 3.8) is 0 Å². The first-order chi connectivity index (χ1) is 13.8. The highest BCUT2D eigenvalue weighted by Crippen LogP contribution is 2.56. The zero-order valence-corrected chi connectivity index (χ0v) is 16.2. The number of rotatable bonds is 4. The van der Waals surface area contributed by atoms with Crippen molar-refractivity contribution in [2.45, 2.75) is 81.7 Å². The van der Waals surface area contributed by atoms with Gasteiger partial charge in [0.25, 0.3) is 5.60 Å². The van der Waals surface area contributed by atoms with E-state index in [-0.39, 0.29) is 24.0 Å². The van der Waals surface area contributed by atoms with E-state index in [4.69, 9.17) is 0 Å². The molecule has 31 heavy (non-hydrogen) atoms. The number of halogens is 10. The van der Waals surface area contributed by atoms with Gasteiger partial charge in [-0.15, -0.1) is 0 Å². The second kappa shape index (κ2) is 7.81. The molecule has 0 amide bonds. The van der Waals surface area contributed by atoms with Gasteiger partial charge in [0.2, 0.25) is 0 Å². The summed E-state index contributed by atoms with van der Waals surface area (Å²) in [7, 11) is 0. The largest absolute Gasteiger partial charge is 0.457 e. The molecule has 2 saturated carbocycles. The lowest BCUT2D eigenvalue weighted by atomic mass is 9.64. The van der Waals surface area contributed by atoms with Crippen LogP contribution in [0.5, 0.6) is 0 Å². The Kier molecular flexibility index (Phi) is 6.49. The van der Waals surface area contributed by atoms with Crippen LogP contribution in [0.3, 0.4) is 0 Å². The molecule has 0 radical (unpaired) electrons. The van der Waals surface area contributed by atoms with Crippen LogP contribution in [0.15, 0.2) is 0 Å². The first-order valence-electron chi connectivity index (χ1n) is 9.47. The van der Waals surface area contributed by atoms with Crippen molar-refractivity contribution in [3.05, 3.63) is 0 Å². The highest BCUT2D eigenvalue weighted by atomic mass is 19.4. The second-order valence-electron chi connectivity index (χ2n) is 8.35. The zero-order chi connectivity index (χ0) is 24.1. The maximum absolute atomic E-state index is 13.6. The maximum atomic E-state index is 13.6. The van der Waals surface area contributed by atoms with E-state index in [1.54, 1.807) is 0 Å². The molecule has 2 nitrogen and oxygen atoms in total. The normalized spacial score (nSPS) is 28.2. The molecular weight excluding hydrogens is 450 g/mol. The van der Waals surface area contributed by atoms with Crippen LogP contribution in [-0.4, -0.2) is 40.7 Å². The van der Waals surface area contributed by atoms with Gasteiger partial charge in [0.15, 0.2) is 0 Å². The number of carbonyl (C=O) groups excluding carboxylic acids is 1. The third kappa shape index (κ3) is 4.02. The number of aliphatic hydroxyl groups is 1. The van der Waals surface area contributed by atoms with E-state index in [9.17, 15) is 53.8 Å². The Morgan fingerprint density at radius 3 is 1.97 bits per heavy atom. The van der Waals surface area contributed by atoms with Crippen molar-refractivity contribution in [1.82, 2.24) is 0 Å². The fourth-order valence-electron chi connectivity index (χ4n) is 4.71. The SMILES string of the molecule is C[C@]12CCCC(=O)[C@@H]1CCC2CCC#CC(O)(C(F)(F)C(F)(F)F)C(F)(F)C(F)(F)F. The fraction of sp³-hybridized carbons (Fsp3) is 0.842. The Morgan fingerprint density at radius 1 is 0.968 bits per heavy atom. The highest BCUT2D eigenvalue weighted by Gasteiger charge is 2.84. The van der Waals surface area contributed by atoms with E-state index < -0.39 is 41.6 Å². The minimum absolute atomic E-state index is 0.0153. The third-order valence-corrected chi connectivity index (χ3v) is 6.57. The van der Waals surface area contributed by atoms with Crippen LogP contribution in [0, 0.1) is 29.1 Å². The van der Waals surface area contributed by atoms with E-state index in [1.807, 2.05) is 6.92 Å². The van der Waals surface area contributed by atoms with Crippen molar-refractivity contribution < 1.29 is 53.8 Å².